The van der Waals surface area contributed by atoms with Crippen LogP contribution in [-0.2, 0) is 11.3 Å². The second kappa shape index (κ2) is 10.8. The molecule has 1 aromatic carbocycles. The molecule has 1 saturated heterocycles. The van der Waals surface area contributed by atoms with E-state index in [0.29, 0.717) is 11.9 Å². The second-order valence-corrected chi connectivity index (χ2v) is 9.57. The molecule has 3 aromatic rings. The first-order valence-electron chi connectivity index (χ1n) is 12.8. The van der Waals surface area contributed by atoms with E-state index in [9.17, 15) is 5.11 Å². The maximum atomic E-state index is 10.0. The van der Waals surface area contributed by atoms with Crippen LogP contribution in [0, 0.1) is 0 Å². The van der Waals surface area contributed by atoms with Gasteiger partial charge < -0.3 is 15.2 Å². The number of hydrogen-bond donors (Lipinski definition) is 2. The smallest absolute Gasteiger partial charge is 0.241 e. The predicted molar refractivity (Wildman–Crippen MR) is 133 cm³/mol. The molecule has 8 nitrogen and oxygen atoms in total. The zero-order chi connectivity index (χ0) is 23.3. The van der Waals surface area contributed by atoms with E-state index in [0.717, 1.165) is 101 Å². The van der Waals surface area contributed by atoms with Crippen molar-refractivity contribution >= 4 is 11.5 Å². The summed E-state index contributed by atoms with van der Waals surface area (Å²) in [5.74, 6) is 1.92. The molecule has 2 N–H and O–H groups in total. The molecule has 0 spiro atoms. The van der Waals surface area contributed by atoms with Gasteiger partial charge in [0.25, 0.3) is 0 Å². The number of aliphatic hydroxyl groups is 1. The van der Waals surface area contributed by atoms with E-state index in [-0.39, 0.29) is 6.10 Å². The van der Waals surface area contributed by atoms with Crippen LogP contribution in [0.1, 0.15) is 62.8 Å². The molecule has 0 radical (unpaired) electrons. The first-order valence-corrected chi connectivity index (χ1v) is 12.8. The molecule has 1 aliphatic carbocycles. The maximum absolute atomic E-state index is 10.0. The van der Waals surface area contributed by atoms with Crippen molar-refractivity contribution < 1.29 is 9.84 Å². The van der Waals surface area contributed by atoms with Gasteiger partial charge in [0, 0.05) is 37.7 Å². The van der Waals surface area contributed by atoms with Crippen LogP contribution in [0.3, 0.4) is 0 Å². The number of unbranched alkanes of at least 4 members (excludes halogenated alkanes) is 1. The molecule has 182 valence electrons. The summed E-state index contributed by atoms with van der Waals surface area (Å²) in [6, 6.07) is 8.74. The molecule has 34 heavy (non-hydrogen) atoms. The zero-order valence-corrected chi connectivity index (χ0v) is 20.1. The van der Waals surface area contributed by atoms with Crippen molar-refractivity contribution in [2.75, 3.05) is 38.2 Å². The largest absolute Gasteiger partial charge is 0.393 e. The number of aliphatic hydroxyl groups excluding tert-OH is 1. The van der Waals surface area contributed by atoms with Crippen molar-refractivity contribution in [3.8, 4) is 11.3 Å². The number of fused-ring (bicyclic) bond motifs is 1. The lowest BCUT2D eigenvalue weighted by Gasteiger charge is -2.26. The number of nitrogens with zero attached hydrogens (tertiary/aromatic N) is 5. The zero-order valence-electron chi connectivity index (χ0n) is 20.1. The SMILES string of the molecule is CCCCNc1ncc2c(-c3ccc(CN4CCOCC4)cc3)nc([C@H]3CC[C@H](O)CC3)n2n1. The second-order valence-electron chi connectivity index (χ2n) is 9.57. The van der Waals surface area contributed by atoms with Crippen molar-refractivity contribution in [2.24, 2.45) is 0 Å². The summed E-state index contributed by atoms with van der Waals surface area (Å²) in [5, 5.41) is 18.2. The normalized spacial score (nSPS) is 21.7. The molecule has 2 fully saturated rings. The highest BCUT2D eigenvalue weighted by Crippen LogP contribution is 2.35. The van der Waals surface area contributed by atoms with E-state index >= 15 is 0 Å². The molecule has 5 rings (SSSR count). The highest BCUT2D eigenvalue weighted by atomic mass is 16.5. The van der Waals surface area contributed by atoms with Gasteiger partial charge in [0.05, 0.1) is 31.2 Å². The number of rotatable bonds is 8. The molecule has 8 heteroatoms. The van der Waals surface area contributed by atoms with Gasteiger partial charge in [-0.2, -0.15) is 0 Å². The summed E-state index contributed by atoms with van der Waals surface area (Å²) in [4.78, 5) is 12.1. The van der Waals surface area contributed by atoms with Crippen molar-refractivity contribution in [2.45, 2.75) is 64.0 Å². The fraction of sp³-hybridized carbons (Fsp3) is 0.577. The van der Waals surface area contributed by atoms with E-state index in [4.69, 9.17) is 14.8 Å². The third-order valence-electron chi connectivity index (χ3n) is 7.03. The summed E-state index contributed by atoms with van der Waals surface area (Å²) in [6.45, 7) is 7.58. The molecule has 3 heterocycles. The number of nitrogens with one attached hydrogen (secondary N) is 1. The first-order chi connectivity index (χ1) is 16.7. The average Bonchev–Trinajstić information content (AvgIpc) is 3.25. The number of anilines is 1. The van der Waals surface area contributed by atoms with E-state index < -0.39 is 0 Å². The van der Waals surface area contributed by atoms with E-state index in [1.54, 1.807) is 0 Å². The lowest BCUT2D eigenvalue weighted by atomic mass is 9.87. The minimum Gasteiger partial charge on any atom is -0.393 e. The Morgan fingerprint density at radius 3 is 2.59 bits per heavy atom. The highest BCUT2D eigenvalue weighted by Gasteiger charge is 2.27. The van der Waals surface area contributed by atoms with Gasteiger partial charge in [-0.05, 0) is 37.7 Å². The Bertz CT molecular complexity index is 1070. The molecule has 2 aliphatic rings. The van der Waals surface area contributed by atoms with Crippen molar-refractivity contribution in [3.63, 3.8) is 0 Å². The lowest BCUT2D eigenvalue weighted by Crippen LogP contribution is -2.35. The van der Waals surface area contributed by atoms with Crippen LogP contribution in [0.4, 0.5) is 5.95 Å². The monoisotopic (exact) mass is 464 g/mol. The van der Waals surface area contributed by atoms with Gasteiger partial charge in [0.1, 0.15) is 11.3 Å². The number of aromatic nitrogens is 4. The number of morpholine rings is 1. The Hall–Kier alpha value is -2.55. The number of benzene rings is 1. The van der Waals surface area contributed by atoms with Crippen molar-refractivity contribution in [1.82, 2.24) is 24.5 Å². The van der Waals surface area contributed by atoms with Crippen LogP contribution in [0.2, 0.25) is 0 Å². The molecular weight excluding hydrogens is 428 g/mol. The highest BCUT2D eigenvalue weighted by molar-refractivity contribution is 5.77. The van der Waals surface area contributed by atoms with Crippen LogP contribution >= 0.6 is 0 Å². The van der Waals surface area contributed by atoms with Gasteiger partial charge in [-0.25, -0.2) is 14.5 Å². The fourth-order valence-electron chi connectivity index (χ4n) is 4.96. The number of ether oxygens (including phenoxy) is 1. The third kappa shape index (κ3) is 5.24. The third-order valence-corrected chi connectivity index (χ3v) is 7.03. The van der Waals surface area contributed by atoms with Gasteiger partial charge >= 0.3 is 0 Å². The fourth-order valence-corrected chi connectivity index (χ4v) is 4.96. The number of hydrogen-bond acceptors (Lipinski definition) is 7. The van der Waals surface area contributed by atoms with E-state index in [1.165, 1.54) is 5.56 Å². The van der Waals surface area contributed by atoms with Crippen LogP contribution in [-0.4, -0.2) is 68.5 Å². The van der Waals surface area contributed by atoms with Crippen molar-refractivity contribution in [1.29, 1.82) is 0 Å². The summed E-state index contributed by atoms with van der Waals surface area (Å²) < 4.78 is 7.45. The predicted octanol–water partition coefficient (Wildman–Crippen LogP) is 3.85. The average molecular weight is 465 g/mol. The van der Waals surface area contributed by atoms with Crippen LogP contribution in [0.15, 0.2) is 30.5 Å². The Balaban J connectivity index is 1.43. The van der Waals surface area contributed by atoms with E-state index in [1.807, 2.05) is 10.7 Å². The molecule has 0 amide bonds. The Labute approximate surface area is 201 Å². The molecular formula is C26H36N6O2. The summed E-state index contributed by atoms with van der Waals surface area (Å²) in [7, 11) is 0. The molecule has 0 atom stereocenters. The molecule has 1 aliphatic heterocycles. The van der Waals surface area contributed by atoms with Crippen LogP contribution < -0.4 is 5.32 Å². The van der Waals surface area contributed by atoms with Gasteiger partial charge in [-0.1, -0.05) is 37.6 Å². The summed E-state index contributed by atoms with van der Waals surface area (Å²) in [6.07, 6.45) is 7.41. The molecule has 0 unspecified atom stereocenters. The first kappa shape index (κ1) is 23.2. The van der Waals surface area contributed by atoms with Crippen molar-refractivity contribution in [3.05, 3.63) is 41.9 Å². The minimum absolute atomic E-state index is 0.193. The van der Waals surface area contributed by atoms with Gasteiger partial charge in [-0.15, -0.1) is 5.10 Å². The standard InChI is InChI=1S/C26H36N6O2/c1-2-3-12-27-26-28-17-23-24(29-25(32(23)30-26)21-8-10-22(33)11-9-21)20-6-4-19(5-7-20)18-31-13-15-34-16-14-31/h4-7,17,21-22,33H,2-3,8-16,18H2,1H3,(H,27,30)/t21-,22-. The van der Waals surface area contributed by atoms with Gasteiger partial charge in [0.2, 0.25) is 5.95 Å². The molecule has 0 bridgehead atoms. The maximum Gasteiger partial charge on any atom is 0.241 e. The Kier molecular flexibility index (Phi) is 7.37. The Morgan fingerprint density at radius 2 is 1.85 bits per heavy atom. The Morgan fingerprint density at radius 1 is 1.09 bits per heavy atom. The summed E-state index contributed by atoms with van der Waals surface area (Å²) in [5.41, 5.74) is 4.25. The van der Waals surface area contributed by atoms with Crippen LogP contribution in [0.5, 0.6) is 0 Å². The topological polar surface area (TPSA) is 87.8 Å². The van der Waals surface area contributed by atoms with Gasteiger partial charge in [0.15, 0.2) is 0 Å². The summed E-state index contributed by atoms with van der Waals surface area (Å²) >= 11 is 0. The number of imidazole rings is 1. The van der Waals surface area contributed by atoms with Gasteiger partial charge in [-0.3, -0.25) is 4.90 Å². The lowest BCUT2D eigenvalue weighted by molar-refractivity contribution is 0.0342. The molecule has 2 aromatic heterocycles. The quantitative estimate of drug-likeness (QED) is 0.490. The molecule has 1 saturated carbocycles. The van der Waals surface area contributed by atoms with E-state index in [2.05, 4.69) is 46.4 Å². The minimum atomic E-state index is -0.193. The van der Waals surface area contributed by atoms with Crippen LogP contribution in [0.25, 0.3) is 16.8 Å².